The fourth-order valence-corrected chi connectivity index (χ4v) is 3.67. The molecule has 0 spiro atoms. The summed E-state index contributed by atoms with van der Waals surface area (Å²) in [5.74, 6) is 0.129. The van der Waals surface area contributed by atoms with Gasteiger partial charge in [0.25, 0.3) is 0 Å². The maximum Gasteiger partial charge on any atom is 0.242 e. The molecule has 2 aliphatic heterocycles. The van der Waals surface area contributed by atoms with Crippen molar-refractivity contribution in [3.63, 3.8) is 0 Å². The molecule has 1 aromatic carbocycles. The zero-order valence-electron chi connectivity index (χ0n) is 12.7. The summed E-state index contributed by atoms with van der Waals surface area (Å²) in [7, 11) is 0. The smallest absolute Gasteiger partial charge is 0.242 e. The minimum Gasteiger partial charge on any atom is -0.341 e. The van der Waals surface area contributed by atoms with Gasteiger partial charge in [-0.25, -0.2) is 0 Å². The second-order valence-corrected chi connectivity index (χ2v) is 6.96. The molecule has 2 amide bonds. The van der Waals surface area contributed by atoms with Crippen LogP contribution in [-0.2, 0) is 16.0 Å². The second-order valence-electron chi connectivity index (χ2n) is 6.05. The van der Waals surface area contributed by atoms with E-state index in [9.17, 15) is 9.59 Å². The number of aryl methyl sites for hydroxylation is 1. The van der Waals surface area contributed by atoms with E-state index in [0.717, 1.165) is 48.1 Å². The fourth-order valence-electron chi connectivity index (χ4n) is 3.26. The van der Waals surface area contributed by atoms with Crippen molar-refractivity contribution in [1.82, 2.24) is 4.90 Å². The molecule has 4 nitrogen and oxygen atoms in total. The Morgan fingerprint density at radius 1 is 1.09 bits per heavy atom. The largest absolute Gasteiger partial charge is 0.341 e. The first kappa shape index (κ1) is 15.5. The van der Waals surface area contributed by atoms with Crippen LogP contribution < -0.4 is 4.90 Å². The third kappa shape index (κ3) is 3.35. The normalized spacial score (nSPS) is 18.9. The van der Waals surface area contributed by atoms with Crippen molar-refractivity contribution in [3.8, 4) is 0 Å². The van der Waals surface area contributed by atoms with Gasteiger partial charge in [-0.1, -0.05) is 28.8 Å². The summed E-state index contributed by atoms with van der Waals surface area (Å²) < 4.78 is 1.01. The molecular weight excluding hydrogens is 344 g/mol. The third-order valence-corrected chi connectivity index (χ3v) is 4.99. The molecule has 1 fully saturated rings. The molecule has 2 heterocycles. The van der Waals surface area contributed by atoms with E-state index in [1.54, 1.807) is 4.90 Å². The van der Waals surface area contributed by atoms with Crippen LogP contribution in [0.2, 0.25) is 0 Å². The number of carbonyl (C=O) groups is 2. The standard InChI is InChI=1S/C17H21BrN2O2/c18-14-6-7-15-13(11-14)5-8-16(21)20(15)12-17(22)19-9-3-1-2-4-10-19/h6-7,11H,1-5,8-10,12H2. The first-order valence-electron chi connectivity index (χ1n) is 8.02. The lowest BCUT2D eigenvalue weighted by Crippen LogP contribution is -2.45. The van der Waals surface area contributed by atoms with E-state index >= 15 is 0 Å². The highest BCUT2D eigenvalue weighted by atomic mass is 79.9. The van der Waals surface area contributed by atoms with Gasteiger partial charge in [-0.15, -0.1) is 0 Å². The van der Waals surface area contributed by atoms with E-state index in [4.69, 9.17) is 0 Å². The molecule has 118 valence electrons. The minimum absolute atomic E-state index is 0.0537. The van der Waals surface area contributed by atoms with Gasteiger partial charge in [0.2, 0.25) is 11.8 Å². The van der Waals surface area contributed by atoms with Gasteiger partial charge >= 0.3 is 0 Å². The van der Waals surface area contributed by atoms with Crippen LogP contribution in [-0.4, -0.2) is 36.3 Å². The number of benzene rings is 1. The molecule has 0 radical (unpaired) electrons. The van der Waals surface area contributed by atoms with Gasteiger partial charge < -0.3 is 9.80 Å². The molecule has 1 aromatic rings. The van der Waals surface area contributed by atoms with Gasteiger partial charge in [-0.2, -0.15) is 0 Å². The summed E-state index contributed by atoms with van der Waals surface area (Å²) in [6.45, 7) is 1.83. The van der Waals surface area contributed by atoms with Crippen molar-refractivity contribution >= 4 is 33.4 Å². The van der Waals surface area contributed by atoms with Crippen molar-refractivity contribution < 1.29 is 9.59 Å². The maximum absolute atomic E-state index is 12.6. The van der Waals surface area contributed by atoms with Gasteiger partial charge in [-0.3, -0.25) is 9.59 Å². The van der Waals surface area contributed by atoms with Crippen LogP contribution >= 0.6 is 15.9 Å². The Morgan fingerprint density at radius 3 is 2.55 bits per heavy atom. The number of carbonyl (C=O) groups excluding carboxylic acids is 2. The van der Waals surface area contributed by atoms with Crippen molar-refractivity contribution in [2.24, 2.45) is 0 Å². The van der Waals surface area contributed by atoms with Crippen molar-refractivity contribution in [2.45, 2.75) is 38.5 Å². The van der Waals surface area contributed by atoms with E-state index in [0.29, 0.717) is 6.42 Å². The van der Waals surface area contributed by atoms with E-state index in [-0.39, 0.29) is 18.4 Å². The zero-order valence-corrected chi connectivity index (χ0v) is 14.3. The molecule has 0 unspecified atom stereocenters. The predicted molar refractivity (Wildman–Crippen MR) is 89.9 cm³/mol. The lowest BCUT2D eigenvalue weighted by molar-refractivity contribution is -0.131. The van der Waals surface area contributed by atoms with Crippen LogP contribution in [0.4, 0.5) is 5.69 Å². The van der Waals surface area contributed by atoms with Gasteiger partial charge in [-0.05, 0) is 43.0 Å². The summed E-state index contributed by atoms with van der Waals surface area (Å²) >= 11 is 3.47. The maximum atomic E-state index is 12.6. The predicted octanol–water partition coefficient (Wildman–Crippen LogP) is 3.13. The molecule has 0 bridgehead atoms. The highest BCUT2D eigenvalue weighted by Crippen LogP contribution is 2.30. The Kier molecular flexibility index (Phi) is 4.81. The van der Waals surface area contributed by atoms with Gasteiger partial charge in [0, 0.05) is 29.7 Å². The molecule has 0 saturated carbocycles. The fraction of sp³-hybridized carbons (Fsp3) is 0.529. The van der Waals surface area contributed by atoms with Crippen molar-refractivity contribution in [2.75, 3.05) is 24.5 Å². The van der Waals surface area contributed by atoms with Crippen LogP contribution in [0.5, 0.6) is 0 Å². The van der Waals surface area contributed by atoms with Crippen LogP contribution in [0.15, 0.2) is 22.7 Å². The Bertz CT molecular complexity index is 580. The molecule has 0 atom stereocenters. The zero-order chi connectivity index (χ0) is 15.5. The second kappa shape index (κ2) is 6.82. The summed E-state index contributed by atoms with van der Waals surface area (Å²) in [6, 6.07) is 5.91. The number of hydrogen-bond donors (Lipinski definition) is 0. The Balaban J connectivity index is 1.76. The monoisotopic (exact) mass is 364 g/mol. The van der Waals surface area contributed by atoms with Gasteiger partial charge in [0.15, 0.2) is 0 Å². The van der Waals surface area contributed by atoms with E-state index in [2.05, 4.69) is 15.9 Å². The Morgan fingerprint density at radius 2 is 1.82 bits per heavy atom. The van der Waals surface area contributed by atoms with E-state index in [1.165, 1.54) is 12.8 Å². The summed E-state index contributed by atoms with van der Waals surface area (Å²) in [5.41, 5.74) is 2.03. The van der Waals surface area contributed by atoms with E-state index in [1.807, 2.05) is 23.1 Å². The summed E-state index contributed by atoms with van der Waals surface area (Å²) in [6.07, 6.45) is 5.78. The highest BCUT2D eigenvalue weighted by molar-refractivity contribution is 9.10. The molecule has 0 aliphatic carbocycles. The number of amides is 2. The highest BCUT2D eigenvalue weighted by Gasteiger charge is 2.27. The quantitative estimate of drug-likeness (QED) is 0.808. The lowest BCUT2D eigenvalue weighted by atomic mass is 10.0. The number of halogens is 1. The van der Waals surface area contributed by atoms with E-state index < -0.39 is 0 Å². The average molecular weight is 365 g/mol. The summed E-state index contributed by atoms with van der Waals surface area (Å²) in [5, 5.41) is 0. The number of anilines is 1. The minimum atomic E-state index is 0.0537. The van der Waals surface area contributed by atoms with Crippen molar-refractivity contribution in [3.05, 3.63) is 28.2 Å². The number of hydrogen-bond acceptors (Lipinski definition) is 2. The third-order valence-electron chi connectivity index (χ3n) is 4.49. The first-order valence-corrected chi connectivity index (χ1v) is 8.81. The van der Waals surface area contributed by atoms with Crippen LogP contribution in [0, 0.1) is 0 Å². The van der Waals surface area contributed by atoms with Gasteiger partial charge in [0.05, 0.1) is 0 Å². The van der Waals surface area contributed by atoms with Crippen LogP contribution in [0.1, 0.15) is 37.7 Å². The number of likely N-dealkylation sites (tertiary alicyclic amines) is 1. The first-order chi connectivity index (χ1) is 10.6. The molecule has 3 rings (SSSR count). The van der Waals surface area contributed by atoms with Crippen molar-refractivity contribution in [1.29, 1.82) is 0 Å². The summed E-state index contributed by atoms with van der Waals surface area (Å²) in [4.78, 5) is 28.4. The topological polar surface area (TPSA) is 40.6 Å². The average Bonchev–Trinajstić information content (AvgIpc) is 2.79. The SMILES string of the molecule is O=C(CN1C(=O)CCc2cc(Br)ccc21)N1CCCCCC1. The molecule has 0 aromatic heterocycles. The molecule has 2 aliphatic rings. The molecular formula is C17H21BrN2O2. The Hall–Kier alpha value is -1.36. The van der Waals surface area contributed by atoms with Crippen LogP contribution in [0.25, 0.3) is 0 Å². The van der Waals surface area contributed by atoms with Gasteiger partial charge in [0.1, 0.15) is 6.54 Å². The molecule has 5 heteroatoms. The molecule has 0 N–H and O–H groups in total. The van der Waals surface area contributed by atoms with Crippen LogP contribution in [0.3, 0.4) is 0 Å². The number of rotatable bonds is 2. The Labute approximate surface area is 139 Å². The lowest BCUT2D eigenvalue weighted by Gasteiger charge is -2.31. The number of fused-ring (bicyclic) bond motifs is 1. The number of nitrogens with zero attached hydrogens (tertiary/aromatic N) is 2. The molecule has 22 heavy (non-hydrogen) atoms. The molecule has 1 saturated heterocycles.